The van der Waals surface area contributed by atoms with E-state index in [1.165, 1.54) is 19.2 Å². The van der Waals surface area contributed by atoms with Gasteiger partial charge in [0.25, 0.3) is 0 Å². The summed E-state index contributed by atoms with van der Waals surface area (Å²) in [6, 6.07) is 11.0. The van der Waals surface area contributed by atoms with E-state index in [2.05, 4.69) is 5.32 Å². The maximum absolute atomic E-state index is 12.8. The highest BCUT2D eigenvalue weighted by molar-refractivity contribution is 5.93. The zero-order valence-electron chi connectivity index (χ0n) is 11.9. The van der Waals surface area contributed by atoms with Crippen LogP contribution in [-0.4, -0.2) is 20.1 Å². The molecule has 0 saturated carbocycles. The van der Waals surface area contributed by atoms with Gasteiger partial charge in [0.15, 0.2) is 0 Å². The van der Waals surface area contributed by atoms with Crippen LogP contribution in [0.3, 0.4) is 0 Å². The number of benzene rings is 2. The summed E-state index contributed by atoms with van der Waals surface area (Å²) in [6.45, 7) is 0. The molecule has 110 valence electrons. The van der Waals surface area contributed by atoms with Gasteiger partial charge in [-0.2, -0.15) is 0 Å². The standard InChI is InChI=1S/C16H16FNO3/c1-20-13-7-8-14(15(10-13)21-2)18-16(19)9-11-3-5-12(17)6-4-11/h3-8,10H,9H2,1-2H3,(H,18,19). The van der Waals surface area contributed by atoms with Crippen molar-refractivity contribution in [1.29, 1.82) is 0 Å². The minimum Gasteiger partial charge on any atom is -0.497 e. The molecular weight excluding hydrogens is 273 g/mol. The zero-order chi connectivity index (χ0) is 15.2. The Morgan fingerprint density at radius 3 is 2.43 bits per heavy atom. The minimum atomic E-state index is -0.323. The molecule has 5 heteroatoms. The lowest BCUT2D eigenvalue weighted by molar-refractivity contribution is -0.115. The summed E-state index contributed by atoms with van der Waals surface area (Å²) in [7, 11) is 3.08. The molecule has 21 heavy (non-hydrogen) atoms. The fraction of sp³-hybridized carbons (Fsp3) is 0.188. The predicted molar refractivity (Wildman–Crippen MR) is 78.3 cm³/mol. The molecule has 1 N–H and O–H groups in total. The van der Waals surface area contributed by atoms with Gasteiger partial charge >= 0.3 is 0 Å². The summed E-state index contributed by atoms with van der Waals surface area (Å²) in [5.41, 5.74) is 1.30. The first-order valence-electron chi connectivity index (χ1n) is 6.38. The normalized spacial score (nSPS) is 10.0. The maximum Gasteiger partial charge on any atom is 0.228 e. The van der Waals surface area contributed by atoms with E-state index < -0.39 is 0 Å². The molecule has 0 spiro atoms. The Kier molecular flexibility index (Phi) is 4.77. The summed E-state index contributed by atoms with van der Waals surface area (Å²) in [4.78, 5) is 12.0. The predicted octanol–water partition coefficient (Wildman–Crippen LogP) is 3.02. The first-order valence-corrected chi connectivity index (χ1v) is 6.38. The van der Waals surface area contributed by atoms with Crippen LogP contribution in [0.1, 0.15) is 5.56 Å². The quantitative estimate of drug-likeness (QED) is 0.920. The Balaban J connectivity index is 2.07. The van der Waals surface area contributed by atoms with E-state index in [-0.39, 0.29) is 18.1 Å². The van der Waals surface area contributed by atoms with E-state index in [0.717, 1.165) is 5.56 Å². The van der Waals surface area contributed by atoms with E-state index in [4.69, 9.17) is 9.47 Å². The monoisotopic (exact) mass is 289 g/mol. The highest BCUT2D eigenvalue weighted by Crippen LogP contribution is 2.29. The maximum atomic E-state index is 12.8. The van der Waals surface area contributed by atoms with Crippen LogP contribution >= 0.6 is 0 Å². The fourth-order valence-electron chi connectivity index (χ4n) is 1.88. The number of nitrogens with one attached hydrogen (secondary N) is 1. The SMILES string of the molecule is COc1ccc(NC(=O)Cc2ccc(F)cc2)c(OC)c1. The third-order valence-electron chi connectivity index (χ3n) is 2.96. The van der Waals surface area contributed by atoms with Gasteiger partial charge in [-0.1, -0.05) is 12.1 Å². The Hall–Kier alpha value is -2.56. The van der Waals surface area contributed by atoms with Crippen molar-refractivity contribution in [2.45, 2.75) is 6.42 Å². The van der Waals surface area contributed by atoms with E-state index >= 15 is 0 Å². The molecule has 4 nitrogen and oxygen atoms in total. The molecule has 0 aliphatic carbocycles. The molecule has 0 fully saturated rings. The van der Waals surface area contributed by atoms with Gasteiger partial charge in [0.1, 0.15) is 17.3 Å². The molecule has 2 rings (SSSR count). The summed E-state index contributed by atoms with van der Waals surface area (Å²) >= 11 is 0. The fourth-order valence-corrected chi connectivity index (χ4v) is 1.88. The molecule has 0 saturated heterocycles. The minimum absolute atomic E-state index is 0.162. The zero-order valence-corrected chi connectivity index (χ0v) is 11.9. The first-order chi connectivity index (χ1) is 10.1. The van der Waals surface area contributed by atoms with Crippen LogP contribution in [0.15, 0.2) is 42.5 Å². The van der Waals surface area contributed by atoms with Crippen molar-refractivity contribution >= 4 is 11.6 Å². The number of methoxy groups -OCH3 is 2. The molecule has 0 atom stereocenters. The van der Waals surface area contributed by atoms with Crippen molar-refractivity contribution in [3.8, 4) is 11.5 Å². The highest BCUT2D eigenvalue weighted by Gasteiger charge is 2.09. The summed E-state index contributed by atoms with van der Waals surface area (Å²) in [5.74, 6) is 0.631. The third kappa shape index (κ3) is 3.95. The number of amides is 1. The average molecular weight is 289 g/mol. The second-order valence-corrected chi connectivity index (χ2v) is 4.42. The molecule has 0 heterocycles. The second kappa shape index (κ2) is 6.74. The number of hydrogen-bond acceptors (Lipinski definition) is 3. The van der Waals surface area contributed by atoms with Gasteiger partial charge in [-0.05, 0) is 29.8 Å². The third-order valence-corrected chi connectivity index (χ3v) is 2.96. The largest absolute Gasteiger partial charge is 0.497 e. The van der Waals surface area contributed by atoms with Gasteiger partial charge in [-0.3, -0.25) is 4.79 Å². The van der Waals surface area contributed by atoms with E-state index in [1.807, 2.05) is 0 Å². The van der Waals surface area contributed by atoms with E-state index in [0.29, 0.717) is 17.2 Å². The summed E-state index contributed by atoms with van der Waals surface area (Å²) in [6.07, 6.45) is 0.162. The number of anilines is 1. The molecule has 0 radical (unpaired) electrons. The number of carbonyl (C=O) groups is 1. The van der Waals surface area contributed by atoms with Crippen molar-refractivity contribution < 1.29 is 18.7 Å². The van der Waals surface area contributed by atoms with Crippen molar-refractivity contribution in [3.05, 3.63) is 53.8 Å². The molecule has 0 unspecified atom stereocenters. The van der Waals surface area contributed by atoms with Crippen molar-refractivity contribution in [2.75, 3.05) is 19.5 Å². The second-order valence-electron chi connectivity index (χ2n) is 4.42. The lowest BCUT2D eigenvalue weighted by Gasteiger charge is -2.11. The molecule has 2 aromatic rings. The topological polar surface area (TPSA) is 47.6 Å². The van der Waals surface area contributed by atoms with Gasteiger partial charge in [0.2, 0.25) is 5.91 Å². The number of ether oxygens (including phenoxy) is 2. The lowest BCUT2D eigenvalue weighted by Crippen LogP contribution is -2.15. The van der Waals surface area contributed by atoms with Crippen LogP contribution in [0.5, 0.6) is 11.5 Å². The number of rotatable bonds is 5. The van der Waals surface area contributed by atoms with E-state index in [1.54, 1.807) is 37.4 Å². The van der Waals surface area contributed by atoms with Gasteiger partial charge in [0, 0.05) is 6.07 Å². The van der Waals surface area contributed by atoms with Gasteiger partial charge in [-0.15, -0.1) is 0 Å². The molecule has 1 amide bonds. The molecule has 2 aromatic carbocycles. The molecule has 0 aromatic heterocycles. The van der Waals surface area contributed by atoms with Gasteiger partial charge in [0.05, 0.1) is 26.3 Å². The van der Waals surface area contributed by atoms with Crippen LogP contribution in [0.25, 0.3) is 0 Å². The number of hydrogen-bond donors (Lipinski definition) is 1. The molecule has 0 aliphatic heterocycles. The molecule has 0 aliphatic rings. The number of carbonyl (C=O) groups excluding carboxylic acids is 1. The lowest BCUT2D eigenvalue weighted by atomic mass is 10.1. The Morgan fingerprint density at radius 2 is 1.81 bits per heavy atom. The van der Waals surface area contributed by atoms with Crippen LogP contribution in [0, 0.1) is 5.82 Å². The summed E-state index contributed by atoms with van der Waals surface area (Å²) < 4.78 is 23.1. The van der Waals surface area contributed by atoms with Gasteiger partial charge in [-0.25, -0.2) is 4.39 Å². The van der Waals surface area contributed by atoms with Gasteiger partial charge < -0.3 is 14.8 Å². The van der Waals surface area contributed by atoms with Crippen LogP contribution in [0.4, 0.5) is 10.1 Å². The van der Waals surface area contributed by atoms with Crippen LogP contribution in [0.2, 0.25) is 0 Å². The first kappa shape index (κ1) is 14.8. The molecular formula is C16H16FNO3. The Labute approximate surface area is 122 Å². The Morgan fingerprint density at radius 1 is 1.10 bits per heavy atom. The van der Waals surface area contributed by atoms with Crippen molar-refractivity contribution in [3.63, 3.8) is 0 Å². The van der Waals surface area contributed by atoms with Crippen LogP contribution < -0.4 is 14.8 Å². The smallest absolute Gasteiger partial charge is 0.228 e. The average Bonchev–Trinajstić information content (AvgIpc) is 2.50. The highest BCUT2D eigenvalue weighted by atomic mass is 19.1. The van der Waals surface area contributed by atoms with Crippen LogP contribution in [-0.2, 0) is 11.2 Å². The van der Waals surface area contributed by atoms with Crippen molar-refractivity contribution in [1.82, 2.24) is 0 Å². The number of halogens is 1. The van der Waals surface area contributed by atoms with E-state index in [9.17, 15) is 9.18 Å². The molecule has 0 bridgehead atoms. The Bertz CT molecular complexity index is 626. The van der Waals surface area contributed by atoms with Crippen molar-refractivity contribution in [2.24, 2.45) is 0 Å². The summed E-state index contributed by atoms with van der Waals surface area (Å²) in [5, 5.41) is 2.76.